The monoisotopic (exact) mass is 275 g/mol. The molecule has 3 N–H and O–H groups in total. The van der Waals surface area contributed by atoms with E-state index >= 15 is 0 Å². The minimum Gasteiger partial charge on any atom is -0.480 e. The van der Waals surface area contributed by atoms with Crippen molar-refractivity contribution in [3.8, 4) is 0 Å². The van der Waals surface area contributed by atoms with Gasteiger partial charge in [0.2, 0.25) is 0 Å². The molecule has 0 fully saturated rings. The highest BCUT2D eigenvalue weighted by Crippen LogP contribution is 2.08. The molecule has 1 aromatic rings. The largest absolute Gasteiger partial charge is 0.480 e. The van der Waals surface area contributed by atoms with E-state index in [9.17, 15) is 4.79 Å². The summed E-state index contributed by atoms with van der Waals surface area (Å²) in [4.78, 5) is 10.5. The Balaban J connectivity index is 0.00000256. The van der Waals surface area contributed by atoms with Crippen molar-refractivity contribution >= 4 is 30.1 Å². The van der Waals surface area contributed by atoms with Gasteiger partial charge in [-0.3, -0.25) is 4.79 Å². The number of carboxylic acids is 1. The first-order valence-electron chi connectivity index (χ1n) is 5.30. The quantitative estimate of drug-likeness (QED) is 0.749. The van der Waals surface area contributed by atoms with Crippen molar-refractivity contribution in [2.24, 2.45) is 5.73 Å². The fourth-order valence-electron chi connectivity index (χ4n) is 1.27. The number of carbonyl (C=O) groups is 1. The molecule has 96 valence electrons. The van der Waals surface area contributed by atoms with Gasteiger partial charge in [-0.25, -0.2) is 0 Å². The Kier molecular flexibility index (Phi) is 8.94. The highest BCUT2D eigenvalue weighted by molar-refractivity contribution is 7.99. The summed E-state index contributed by atoms with van der Waals surface area (Å²) in [6.45, 7) is 0. The fourth-order valence-corrected chi connectivity index (χ4v) is 2.28. The van der Waals surface area contributed by atoms with Crippen LogP contribution in [-0.2, 0) is 11.2 Å². The average molecular weight is 276 g/mol. The summed E-state index contributed by atoms with van der Waals surface area (Å²) in [5.74, 6) is 0.903. The van der Waals surface area contributed by atoms with Gasteiger partial charge in [-0.05, 0) is 29.9 Å². The van der Waals surface area contributed by atoms with Crippen LogP contribution in [0.15, 0.2) is 30.3 Å². The number of nitrogens with two attached hydrogens (primary N) is 1. The Morgan fingerprint density at radius 3 is 2.53 bits per heavy atom. The second-order valence-corrected chi connectivity index (χ2v) is 4.81. The van der Waals surface area contributed by atoms with Crippen LogP contribution in [0.25, 0.3) is 0 Å². The minimum atomic E-state index is -0.913. The van der Waals surface area contributed by atoms with Gasteiger partial charge in [0.15, 0.2) is 0 Å². The number of halogens is 1. The highest BCUT2D eigenvalue weighted by Gasteiger charge is 2.09. The number of carboxylic acid groups (broad SMARTS) is 1. The maximum atomic E-state index is 10.5. The third-order valence-corrected chi connectivity index (χ3v) is 3.29. The first-order chi connectivity index (χ1) is 7.70. The van der Waals surface area contributed by atoms with Crippen LogP contribution in [0, 0.1) is 0 Å². The Labute approximate surface area is 112 Å². The predicted octanol–water partition coefficient (Wildman–Crippen LogP) is 2.19. The first-order valence-corrected chi connectivity index (χ1v) is 6.45. The standard InChI is InChI=1S/C12H17NO2S.ClH/c13-11(12(14)15)7-9-16-8-6-10-4-2-1-3-5-10;/h1-5,11H,6-9,13H2,(H,14,15);1H/t11-;/m0./s1. The fraction of sp³-hybridized carbons (Fsp3) is 0.417. The van der Waals surface area contributed by atoms with Crippen molar-refractivity contribution in [1.29, 1.82) is 0 Å². The maximum absolute atomic E-state index is 10.5. The molecular formula is C12H18ClNO2S. The summed E-state index contributed by atoms with van der Waals surface area (Å²) in [5, 5.41) is 8.58. The molecule has 0 saturated carbocycles. The van der Waals surface area contributed by atoms with Gasteiger partial charge in [0.25, 0.3) is 0 Å². The summed E-state index contributed by atoms with van der Waals surface area (Å²) in [6, 6.07) is 9.54. The van der Waals surface area contributed by atoms with Crippen LogP contribution >= 0.6 is 24.2 Å². The molecule has 0 bridgehead atoms. The average Bonchev–Trinajstić information content (AvgIpc) is 2.29. The third kappa shape index (κ3) is 7.26. The second kappa shape index (κ2) is 9.33. The van der Waals surface area contributed by atoms with Crippen LogP contribution in [-0.4, -0.2) is 28.6 Å². The summed E-state index contributed by atoms with van der Waals surface area (Å²) in [5.41, 5.74) is 6.71. The van der Waals surface area contributed by atoms with Gasteiger partial charge in [0, 0.05) is 0 Å². The number of hydrogen-bond donors (Lipinski definition) is 2. The summed E-state index contributed by atoms with van der Waals surface area (Å²) < 4.78 is 0. The van der Waals surface area contributed by atoms with Crippen LogP contribution < -0.4 is 5.73 Å². The van der Waals surface area contributed by atoms with Crippen molar-refractivity contribution in [2.45, 2.75) is 18.9 Å². The number of benzene rings is 1. The zero-order valence-electron chi connectivity index (χ0n) is 9.54. The van der Waals surface area contributed by atoms with Gasteiger partial charge in [-0.15, -0.1) is 12.4 Å². The van der Waals surface area contributed by atoms with Crippen LogP contribution in [0.1, 0.15) is 12.0 Å². The number of aliphatic carboxylic acids is 1. The lowest BCUT2D eigenvalue weighted by molar-refractivity contribution is -0.138. The maximum Gasteiger partial charge on any atom is 0.320 e. The minimum absolute atomic E-state index is 0. The third-order valence-electron chi connectivity index (χ3n) is 2.27. The van der Waals surface area contributed by atoms with Gasteiger partial charge in [-0.1, -0.05) is 30.3 Å². The molecule has 0 aliphatic carbocycles. The molecule has 17 heavy (non-hydrogen) atoms. The Morgan fingerprint density at radius 2 is 1.94 bits per heavy atom. The molecule has 1 atom stereocenters. The SMILES string of the molecule is Cl.N[C@@H](CCSCCc1ccccc1)C(=O)O. The van der Waals surface area contributed by atoms with Gasteiger partial charge >= 0.3 is 5.97 Å². The van der Waals surface area contributed by atoms with Crippen molar-refractivity contribution in [2.75, 3.05) is 11.5 Å². The van der Waals surface area contributed by atoms with Gasteiger partial charge in [0.05, 0.1) is 0 Å². The van der Waals surface area contributed by atoms with Gasteiger partial charge in [0.1, 0.15) is 6.04 Å². The smallest absolute Gasteiger partial charge is 0.320 e. The molecule has 1 rings (SSSR count). The Bertz CT molecular complexity index is 322. The molecule has 0 heterocycles. The molecular weight excluding hydrogens is 258 g/mol. The molecule has 0 amide bonds. The van der Waals surface area contributed by atoms with E-state index in [1.807, 2.05) is 18.2 Å². The number of thioether (sulfide) groups is 1. The van der Waals surface area contributed by atoms with E-state index in [0.717, 1.165) is 17.9 Å². The van der Waals surface area contributed by atoms with Crippen molar-refractivity contribution in [3.63, 3.8) is 0 Å². The van der Waals surface area contributed by atoms with E-state index in [1.165, 1.54) is 5.56 Å². The van der Waals surface area contributed by atoms with Crippen LogP contribution in [0.2, 0.25) is 0 Å². The van der Waals surface area contributed by atoms with E-state index in [4.69, 9.17) is 10.8 Å². The lowest BCUT2D eigenvalue weighted by Gasteiger charge is -2.05. The van der Waals surface area contributed by atoms with Crippen LogP contribution in [0.5, 0.6) is 0 Å². The zero-order valence-corrected chi connectivity index (χ0v) is 11.2. The van der Waals surface area contributed by atoms with Crippen molar-refractivity contribution in [3.05, 3.63) is 35.9 Å². The van der Waals surface area contributed by atoms with Gasteiger partial charge < -0.3 is 10.8 Å². The number of hydrogen-bond acceptors (Lipinski definition) is 3. The number of rotatable bonds is 7. The van der Waals surface area contributed by atoms with E-state index in [-0.39, 0.29) is 12.4 Å². The highest BCUT2D eigenvalue weighted by atomic mass is 35.5. The Hall–Kier alpha value is -0.710. The predicted molar refractivity (Wildman–Crippen MR) is 74.9 cm³/mol. The molecule has 3 nitrogen and oxygen atoms in total. The van der Waals surface area contributed by atoms with E-state index in [0.29, 0.717) is 6.42 Å². The summed E-state index contributed by atoms with van der Waals surface area (Å²) >= 11 is 1.75. The topological polar surface area (TPSA) is 63.3 Å². The van der Waals surface area contributed by atoms with Crippen molar-refractivity contribution in [1.82, 2.24) is 0 Å². The normalized spacial score (nSPS) is 11.6. The molecule has 0 saturated heterocycles. The first kappa shape index (κ1) is 16.3. The molecule has 0 aliphatic heterocycles. The molecule has 0 unspecified atom stereocenters. The van der Waals surface area contributed by atoms with Crippen molar-refractivity contribution < 1.29 is 9.90 Å². The van der Waals surface area contributed by atoms with Crippen LogP contribution in [0.3, 0.4) is 0 Å². The van der Waals surface area contributed by atoms with E-state index in [1.54, 1.807) is 11.8 Å². The lowest BCUT2D eigenvalue weighted by atomic mass is 10.2. The summed E-state index contributed by atoms with van der Waals surface area (Å²) in [6.07, 6.45) is 1.56. The molecule has 0 aliphatic rings. The molecule has 0 aromatic heterocycles. The summed E-state index contributed by atoms with van der Waals surface area (Å²) in [7, 11) is 0. The van der Waals surface area contributed by atoms with Gasteiger partial charge in [-0.2, -0.15) is 11.8 Å². The molecule has 1 aromatic carbocycles. The molecule has 0 radical (unpaired) electrons. The molecule has 0 spiro atoms. The van der Waals surface area contributed by atoms with E-state index in [2.05, 4.69) is 12.1 Å². The van der Waals surface area contributed by atoms with Crippen LogP contribution in [0.4, 0.5) is 0 Å². The second-order valence-electron chi connectivity index (χ2n) is 3.58. The zero-order chi connectivity index (χ0) is 11.8. The lowest BCUT2D eigenvalue weighted by Crippen LogP contribution is -2.30. The Morgan fingerprint density at radius 1 is 1.29 bits per heavy atom. The van der Waals surface area contributed by atoms with E-state index < -0.39 is 12.0 Å². The number of aryl methyl sites for hydroxylation is 1. The molecule has 5 heteroatoms.